The molecule has 164 valence electrons. The molecule has 0 spiro atoms. The van der Waals surface area contributed by atoms with E-state index < -0.39 is 0 Å². The maximum atomic E-state index is 9.82. The number of aliphatic hydroxyl groups is 2. The van der Waals surface area contributed by atoms with Crippen molar-refractivity contribution in [3.63, 3.8) is 0 Å². The van der Waals surface area contributed by atoms with Gasteiger partial charge in [0.15, 0.2) is 0 Å². The average Bonchev–Trinajstić information content (AvgIpc) is 2.60. The Kier molecular flexibility index (Phi) is 49.4. The van der Waals surface area contributed by atoms with Gasteiger partial charge in [-0.1, -0.05) is 59.3 Å². The Morgan fingerprint density at radius 3 is 1.15 bits per heavy atom. The van der Waals surface area contributed by atoms with Crippen LogP contribution in [0.15, 0.2) is 0 Å². The van der Waals surface area contributed by atoms with Gasteiger partial charge in [-0.2, -0.15) is 0 Å². The molecular formula is C20H50N2O4. The smallest absolute Gasteiger partial charge is 0.302 e. The van der Waals surface area contributed by atoms with Crippen LogP contribution in [0.5, 0.6) is 0 Å². The van der Waals surface area contributed by atoms with Crippen molar-refractivity contribution >= 4 is 5.97 Å². The van der Waals surface area contributed by atoms with Crippen molar-refractivity contribution in [2.75, 3.05) is 33.4 Å². The molecule has 1 aliphatic carbocycles. The van der Waals surface area contributed by atoms with E-state index in [1.165, 1.54) is 65.1 Å². The quantitative estimate of drug-likeness (QED) is 0.622. The summed E-state index contributed by atoms with van der Waals surface area (Å²) in [5.74, 6) is -0.211. The van der Waals surface area contributed by atoms with Gasteiger partial charge in [-0.25, -0.2) is 0 Å². The zero-order chi connectivity index (χ0) is 20.5. The summed E-state index contributed by atoms with van der Waals surface area (Å²) in [5.41, 5.74) is 0. The second-order valence-electron chi connectivity index (χ2n) is 5.76. The Morgan fingerprint density at radius 2 is 1.12 bits per heavy atom. The van der Waals surface area contributed by atoms with E-state index in [2.05, 4.69) is 30.4 Å². The lowest BCUT2D eigenvalue weighted by molar-refractivity contribution is -0.140. The molecule has 0 heterocycles. The predicted molar refractivity (Wildman–Crippen MR) is 114 cm³/mol. The van der Waals surface area contributed by atoms with E-state index in [4.69, 9.17) is 10.2 Å². The number of hydrogen-bond acceptors (Lipinski definition) is 6. The minimum atomic E-state index is -0.211. The first kappa shape index (κ1) is 36.3. The summed E-state index contributed by atoms with van der Waals surface area (Å²) < 4.78 is 4.40. The van der Waals surface area contributed by atoms with Crippen molar-refractivity contribution in [2.24, 2.45) is 0 Å². The highest BCUT2D eigenvalue weighted by atomic mass is 16.5. The maximum absolute atomic E-state index is 9.82. The van der Waals surface area contributed by atoms with Gasteiger partial charge in [0.1, 0.15) is 0 Å². The number of nitrogens with zero attached hydrogens (tertiary/aromatic N) is 1. The summed E-state index contributed by atoms with van der Waals surface area (Å²) in [6, 6.07) is 0. The molecule has 0 radical (unpaired) electrons. The van der Waals surface area contributed by atoms with Gasteiger partial charge < -0.3 is 26.0 Å². The summed E-state index contributed by atoms with van der Waals surface area (Å²) in [6.07, 6.45) is 8.83. The standard InChI is InChI=1S/C6H15N.C6H12.C4H8O2.C3H8O.CH4O.H3N/c1-4-7(5-2)6-3;1-2-4-6-5-3-1;1-3-6-4(2)5;1-3(2)4;1-2;/h4-6H2,1-3H3;1-6H2;3H2,1-2H3;3-4H,1-2H3;2H,1H3;1H3. The Morgan fingerprint density at radius 1 is 0.885 bits per heavy atom. The lowest BCUT2D eigenvalue weighted by Gasteiger charge is -2.13. The molecule has 0 aromatic rings. The third kappa shape index (κ3) is 56.7. The number of aliphatic hydroxyl groups excluding tert-OH is 2. The molecule has 0 atom stereocenters. The van der Waals surface area contributed by atoms with Crippen LogP contribution in [0.1, 0.15) is 87.0 Å². The fourth-order valence-electron chi connectivity index (χ4n) is 1.93. The van der Waals surface area contributed by atoms with E-state index in [1.807, 2.05) is 0 Å². The first-order valence-electron chi connectivity index (χ1n) is 9.83. The Hall–Kier alpha value is -0.690. The number of carbonyl (C=O) groups excluding carboxylic acids is 1. The van der Waals surface area contributed by atoms with Gasteiger partial charge in [0.2, 0.25) is 0 Å². The lowest BCUT2D eigenvalue weighted by atomic mass is 10.0. The second-order valence-corrected chi connectivity index (χ2v) is 5.76. The van der Waals surface area contributed by atoms with E-state index in [9.17, 15) is 4.79 Å². The van der Waals surface area contributed by atoms with Crippen LogP contribution in [-0.4, -0.2) is 60.5 Å². The number of hydrogen-bond donors (Lipinski definition) is 3. The van der Waals surface area contributed by atoms with Crippen LogP contribution in [-0.2, 0) is 9.53 Å². The van der Waals surface area contributed by atoms with Crippen LogP contribution in [0.3, 0.4) is 0 Å². The molecule has 0 amide bonds. The summed E-state index contributed by atoms with van der Waals surface area (Å²) in [7, 11) is 1.00. The van der Waals surface area contributed by atoms with Crippen LogP contribution in [0, 0.1) is 0 Å². The van der Waals surface area contributed by atoms with E-state index in [1.54, 1.807) is 20.8 Å². The molecule has 0 aromatic heterocycles. The molecule has 6 heteroatoms. The van der Waals surface area contributed by atoms with Crippen molar-refractivity contribution < 1.29 is 19.7 Å². The first-order valence-corrected chi connectivity index (χ1v) is 9.83. The van der Waals surface area contributed by atoms with E-state index in [0.717, 1.165) is 7.11 Å². The van der Waals surface area contributed by atoms with Gasteiger partial charge in [0.05, 0.1) is 6.61 Å². The fraction of sp³-hybridized carbons (Fsp3) is 0.950. The van der Waals surface area contributed by atoms with E-state index >= 15 is 0 Å². The van der Waals surface area contributed by atoms with Gasteiger partial charge >= 0.3 is 5.97 Å². The summed E-state index contributed by atoms with van der Waals surface area (Å²) in [5, 5.41) is 15.1. The Balaban J connectivity index is -0.0000000731. The topological polar surface area (TPSA) is 105 Å². The van der Waals surface area contributed by atoms with Crippen LogP contribution < -0.4 is 6.15 Å². The van der Waals surface area contributed by atoms with Gasteiger partial charge in [0.25, 0.3) is 0 Å². The molecule has 0 unspecified atom stereocenters. The lowest BCUT2D eigenvalue weighted by Crippen LogP contribution is -2.21. The van der Waals surface area contributed by atoms with E-state index in [-0.39, 0.29) is 18.2 Å². The molecule has 1 saturated carbocycles. The Labute approximate surface area is 163 Å². The van der Waals surface area contributed by atoms with Crippen LogP contribution in [0.25, 0.3) is 0 Å². The van der Waals surface area contributed by atoms with Crippen LogP contribution >= 0.6 is 0 Å². The molecule has 1 aliphatic rings. The maximum Gasteiger partial charge on any atom is 0.302 e. The predicted octanol–water partition coefficient (Wildman–Crippen LogP) is 4.42. The molecule has 1 rings (SSSR count). The SMILES string of the molecule is C1CCCCC1.CC(C)O.CCN(CC)CC.CCOC(C)=O.CO.N. The van der Waals surface area contributed by atoms with Crippen molar-refractivity contribution in [2.45, 2.75) is 93.1 Å². The van der Waals surface area contributed by atoms with Crippen molar-refractivity contribution in [3.05, 3.63) is 0 Å². The molecule has 26 heavy (non-hydrogen) atoms. The number of carbonyl (C=O) groups is 1. The largest absolute Gasteiger partial charge is 0.466 e. The van der Waals surface area contributed by atoms with Crippen molar-refractivity contribution in [3.8, 4) is 0 Å². The molecule has 6 nitrogen and oxygen atoms in total. The van der Waals surface area contributed by atoms with E-state index in [0.29, 0.717) is 6.61 Å². The van der Waals surface area contributed by atoms with Crippen LogP contribution in [0.4, 0.5) is 0 Å². The first-order chi connectivity index (χ1) is 11.8. The minimum Gasteiger partial charge on any atom is -0.466 e. The minimum absolute atomic E-state index is 0. The molecule has 0 bridgehead atoms. The Bertz CT molecular complexity index is 200. The third-order valence-electron chi connectivity index (χ3n) is 3.19. The second kappa shape index (κ2) is 35.4. The highest BCUT2D eigenvalue weighted by molar-refractivity contribution is 5.65. The van der Waals surface area contributed by atoms with Gasteiger partial charge in [-0.05, 0) is 40.4 Å². The summed E-state index contributed by atoms with van der Waals surface area (Å²) >= 11 is 0. The molecule has 0 aromatic carbocycles. The zero-order valence-corrected chi connectivity index (χ0v) is 19.0. The highest BCUT2D eigenvalue weighted by Crippen LogP contribution is 2.15. The monoisotopic (exact) mass is 382 g/mol. The number of esters is 1. The van der Waals surface area contributed by atoms with Crippen molar-refractivity contribution in [1.82, 2.24) is 11.1 Å². The molecule has 0 aliphatic heterocycles. The normalized spacial score (nSPS) is 11.7. The summed E-state index contributed by atoms with van der Waals surface area (Å²) in [6.45, 7) is 17.2. The van der Waals surface area contributed by atoms with Gasteiger partial charge in [-0.15, -0.1) is 0 Å². The molecule has 1 fully saturated rings. The molecule has 5 N–H and O–H groups in total. The molecular weight excluding hydrogens is 332 g/mol. The van der Waals surface area contributed by atoms with Gasteiger partial charge in [0, 0.05) is 20.1 Å². The van der Waals surface area contributed by atoms with Gasteiger partial charge in [-0.3, -0.25) is 4.79 Å². The fourth-order valence-corrected chi connectivity index (χ4v) is 1.93. The zero-order valence-electron chi connectivity index (χ0n) is 19.0. The molecule has 0 saturated heterocycles. The number of ether oxygens (including phenoxy) is 1. The van der Waals surface area contributed by atoms with Crippen molar-refractivity contribution in [1.29, 1.82) is 0 Å². The average molecular weight is 383 g/mol. The summed E-state index contributed by atoms with van der Waals surface area (Å²) in [4.78, 5) is 12.2. The van der Waals surface area contributed by atoms with Crippen LogP contribution in [0.2, 0.25) is 0 Å². The third-order valence-corrected chi connectivity index (χ3v) is 3.19. The highest BCUT2D eigenvalue weighted by Gasteiger charge is 1.95. The number of rotatable bonds is 4.